The number of halogens is 2. The molecule has 1 aliphatic carbocycles. The third-order valence-corrected chi connectivity index (χ3v) is 7.05. The molecule has 3 aromatic rings. The van der Waals surface area contributed by atoms with Crippen LogP contribution >= 0.6 is 0 Å². The normalized spacial score (nSPS) is 16.4. The van der Waals surface area contributed by atoms with E-state index in [1.54, 1.807) is 23.7 Å². The number of alkyl halides is 2. The lowest BCUT2D eigenvalue weighted by molar-refractivity contribution is -0.117. The summed E-state index contributed by atoms with van der Waals surface area (Å²) in [5.74, 6) is -0.469. The first-order chi connectivity index (χ1) is 16.3. The smallest absolute Gasteiger partial charge is 0.295 e. The van der Waals surface area contributed by atoms with Crippen LogP contribution in [0.1, 0.15) is 31.5 Å². The number of carbonyl (C=O) groups is 1. The predicted molar refractivity (Wildman–Crippen MR) is 129 cm³/mol. The molecule has 1 aliphatic heterocycles. The van der Waals surface area contributed by atoms with E-state index in [4.69, 9.17) is 0 Å². The monoisotopic (exact) mass is 489 g/mol. The van der Waals surface area contributed by atoms with E-state index in [0.29, 0.717) is 17.1 Å². The zero-order valence-electron chi connectivity index (χ0n) is 18.8. The van der Waals surface area contributed by atoms with Gasteiger partial charge in [-0.3, -0.25) is 9.10 Å². The Bertz CT molecular complexity index is 1270. The summed E-state index contributed by atoms with van der Waals surface area (Å²) in [6, 6.07) is 7.37. The van der Waals surface area contributed by atoms with Crippen molar-refractivity contribution >= 4 is 56.6 Å². The van der Waals surface area contributed by atoms with E-state index in [9.17, 15) is 17.8 Å². The number of fused-ring (bicyclic) bond motifs is 1. The maximum Gasteiger partial charge on any atom is 0.295 e. The van der Waals surface area contributed by atoms with Crippen LogP contribution in [0.5, 0.6) is 0 Å². The van der Waals surface area contributed by atoms with Gasteiger partial charge in [-0.2, -0.15) is 0 Å². The molecule has 1 aromatic carbocycles. The van der Waals surface area contributed by atoms with Gasteiger partial charge in [0.25, 0.3) is 6.43 Å². The number of aromatic nitrogens is 3. The summed E-state index contributed by atoms with van der Waals surface area (Å²) in [4.78, 5) is 25.3. The van der Waals surface area contributed by atoms with Gasteiger partial charge >= 0.3 is 0 Å². The first-order valence-electron chi connectivity index (χ1n) is 11.0. The highest BCUT2D eigenvalue weighted by Gasteiger charge is 2.30. The number of pyridine rings is 1. The van der Waals surface area contributed by atoms with Gasteiger partial charge in [-0.05, 0) is 37.5 Å². The molecule has 2 aliphatic rings. The van der Waals surface area contributed by atoms with Crippen LogP contribution in [-0.4, -0.2) is 51.5 Å². The second-order valence-corrected chi connectivity index (χ2v) is 9.92. The molecule has 12 heteroatoms. The van der Waals surface area contributed by atoms with E-state index in [-0.39, 0.29) is 28.8 Å². The Morgan fingerprint density at radius 2 is 2.00 bits per heavy atom. The predicted octanol–water partition coefficient (Wildman–Crippen LogP) is 3.93. The van der Waals surface area contributed by atoms with Gasteiger partial charge in [-0.25, -0.2) is 23.0 Å². The minimum absolute atomic E-state index is 0.0430. The first-order valence-corrected chi connectivity index (χ1v) is 12.5. The van der Waals surface area contributed by atoms with E-state index in [1.165, 1.54) is 0 Å². The SMILES string of the molecule is CN(c1cc(N2CCC2)ccc1Nc1cc(NC(=O)C2CC2)nc2nc(C(F)F)[nH]c12)S(C)=O. The van der Waals surface area contributed by atoms with Gasteiger partial charge in [0, 0.05) is 44.1 Å². The van der Waals surface area contributed by atoms with Gasteiger partial charge in [-0.15, -0.1) is 0 Å². The Labute approximate surface area is 197 Å². The molecule has 2 aromatic heterocycles. The van der Waals surface area contributed by atoms with Crippen LogP contribution in [-0.2, 0) is 15.8 Å². The van der Waals surface area contributed by atoms with Crippen molar-refractivity contribution in [3.8, 4) is 0 Å². The number of imidazole rings is 1. The summed E-state index contributed by atoms with van der Waals surface area (Å²) in [5, 5.41) is 6.02. The summed E-state index contributed by atoms with van der Waals surface area (Å²) in [5.41, 5.74) is 3.11. The van der Waals surface area contributed by atoms with Gasteiger partial charge in [0.1, 0.15) is 22.3 Å². The minimum Gasteiger partial charge on any atom is -0.371 e. The first kappa shape index (κ1) is 22.5. The molecular weight excluding hydrogens is 464 g/mol. The van der Waals surface area contributed by atoms with Crippen LogP contribution in [0.4, 0.5) is 37.3 Å². The fourth-order valence-electron chi connectivity index (χ4n) is 3.79. The average Bonchev–Trinajstić information content (AvgIpc) is 3.52. The molecule has 1 saturated heterocycles. The molecule has 3 N–H and O–H groups in total. The molecule has 9 nitrogen and oxygen atoms in total. The fraction of sp³-hybridized carbons (Fsp3) is 0.409. The molecule has 1 atom stereocenters. The van der Waals surface area contributed by atoms with Crippen LogP contribution in [0.15, 0.2) is 24.3 Å². The molecule has 34 heavy (non-hydrogen) atoms. The number of aromatic amines is 1. The van der Waals surface area contributed by atoms with Crippen molar-refractivity contribution < 1.29 is 17.8 Å². The zero-order valence-corrected chi connectivity index (χ0v) is 19.6. The third-order valence-electron chi connectivity index (χ3n) is 6.08. The molecule has 0 spiro atoms. The largest absolute Gasteiger partial charge is 0.371 e. The van der Waals surface area contributed by atoms with E-state index in [0.717, 1.165) is 38.0 Å². The summed E-state index contributed by atoms with van der Waals surface area (Å²) in [6.45, 7) is 1.93. The highest BCUT2D eigenvalue weighted by atomic mass is 32.2. The van der Waals surface area contributed by atoms with Crippen LogP contribution in [0, 0.1) is 5.92 Å². The van der Waals surface area contributed by atoms with Crippen molar-refractivity contribution in [2.75, 3.05) is 46.2 Å². The van der Waals surface area contributed by atoms with Crippen molar-refractivity contribution in [1.82, 2.24) is 15.0 Å². The van der Waals surface area contributed by atoms with Crippen LogP contribution in [0.3, 0.4) is 0 Å². The number of H-pyrrole nitrogens is 1. The lowest BCUT2D eigenvalue weighted by atomic mass is 10.1. The van der Waals surface area contributed by atoms with Gasteiger partial charge in [0.15, 0.2) is 11.5 Å². The van der Waals surface area contributed by atoms with Crippen molar-refractivity contribution in [2.45, 2.75) is 25.7 Å². The number of nitrogens with one attached hydrogen (secondary N) is 3. The van der Waals surface area contributed by atoms with Crippen molar-refractivity contribution in [2.24, 2.45) is 5.92 Å². The number of benzene rings is 1. The Morgan fingerprint density at radius 1 is 1.24 bits per heavy atom. The maximum absolute atomic E-state index is 13.3. The maximum atomic E-state index is 13.3. The quantitative estimate of drug-likeness (QED) is 0.443. The Balaban J connectivity index is 1.56. The highest BCUT2D eigenvalue weighted by Crippen LogP contribution is 2.37. The Morgan fingerprint density at radius 3 is 2.62 bits per heavy atom. The van der Waals surface area contributed by atoms with Crippen LogP contribution in [0.25, 0.3) is 11.2 Å². The van der Waals surface area contributed by atoms with Crippen molar-refractivity contribution in [1.29, 1.82) is 0 Å². The summed E-state index contributed by atoms with van der Waals surface area (Å²) in [7, 11) is 0.439. The average molecular weight is 490 g/mol. The number of hydrogen-bond donors (Lipinski definition) is 3. The highest BCUT2D eigenvalue weighted by molar-refractivity contribution is 7.85. The van der Waals surface area contributed by atoms with Crippen LogP contribution in [0.2, 0.25) is 0 Å². The number of nitrogens with zero attached hydrogens (tertiary/aromatic N) is 4. The molecule has 0 bridgehead atoms. The molecule has 1 amide bonds. The second-order valence-electron chi connectivity index (χ2n) is 8.53. The second kappa shape index (κ2) is 8.82. The Kier molecular flexibility index (Phi) is 5.84. The van der Waals surface area contributed by atoms with Gasteiger partial charge in [-0.1, -0.05) is 0 Å². The molecule has 0 radical (unpaired) electrons. The van der Waals surface area contributed by atoms with Gasteiger partial charge < -0.3 is 20.5 Å². The van der Waals surface area contributed by atoms with Crippen LogP contribution < -0.4 is 19.8 Å². The van der Waals surface area contributed by atoms with E-state index in [2.05, 4.69) is 30.5 Å². The zero-order chi connectivity index (χ0) is 24.0. The van der Waals surface area contributed by atoms with E-state index >= 15 is 0 Å². The fourth-order valence-corrected chi connectivity index (χ4v) is 4.21. The molecule has 2 fully saturated rings. The number of carbonyl (C=O) groups excluding carboxylic acids is 1. The van der Waals surface area contributed by atoms with Gasteiger partial charge in [0.2, 0.25) is 5.91 Å². The molecule has 1 saturated carbocycles. The summed E-state index contributed by atoms with van der Waals surface area (Å²) in [6.07, 6.45) is 1.56. The lowest BCUT2D eigenvalue weighted by Gasteiger charge is -2.34. The van der Waals surface area contributed by atoms with Crippen molar-refractivity contribution in [3.63, 3.8) is 0 Å². The standard InChI is InChI=1S/C22H25F2N7O2S/c1-30(34(2)33)16-10-13(31-8-3-9-31)6-7-14(16)25-15-11-17(27-22(32)12-4-5-12)26-20-18(15)28-21(29-20)19(23)24/h6-7,10-12,19H,3-5,8-9H2,1-2H3,(H3,25,26,27,28,29,32). The molecule has 5 rings (SSSR count). The summed E-state index contributed by atoms with van der Waals surface area (Å²) >= 11 is 0. The van der Waals surface area contributed by atoms with E-state index < -0.39 is 23.2 Å². The van der Waals surface area contributed by atoms with Gasteiger partial charge in [0.05, 0.1) is 17.1 Å². The number of hydrogen-bond acceptors (Lipinski definition) is 6. The molecule has 180 valence electrons. The summed E-state index contributed by atoms with van der Waals surface area (Å²) < 4.78 is 40.6. The Hall–Kier alpha value is -3.28. The number of amides is 1. The third kappa shape index (κ3) is 4.41. The number of anilines is 5. The minimum atomic E-state index is -2.80. The molecular formula is C22H25F2N7O2S. The number of rotatable bonds is 8. The topological polar surface area (TPSA) is 106 Å². The molecule has 3 heterocycles. The molecule has 1 unspecified atom stereocenters. The lowest BCUT2D eigenvalue weighted by Crippen LogP contribution is -2.37. The van der Waals surface area contributed by atoms with E-state index in [1.807, 2.05) is 18.2 Å². The van der Waals surface area contributed by atoms with Crippen molar-refractivity contribution in [3.05, 3.63) is 30.1 Å².